The molecule has 20 heteroatoms. The molecule has 0 fully saturated rings. The van der Waals surface area contributed by atoms with Crippen LogP contribution in [0.25, 0.3) is 65.7 Å². The highest BCUT2D eigenvalue weighted by atomic mass is 14.3. The second kappa shape index (κ2) is 14.2. The Labute approximate surface area is 354 Å². The van der Waals surface area contributed by atoms with Crippen LogP contribution in [0.4, 0.5) is 0 Å². The van der Waals surface area contributed by atoms with Crippen LogP contribution >= 0.6 is 0 Å². The van der Waals surface area contributed by atoms with Gasteiger partial charge in [-0.05, 0) is 71.8 Å². The third-order valence-electron chi connectivity index (χ3n) is 10.7. The molecule has 0 bridgehead atoms. The quantitative estimate of drug-likeness (QED) is 0.132. The lowest BCUT2D eigenvalue weighted by molar-refractivity contribution is 1.67. The van der Waals surface area contributed by atoms with Gasteiger partial charge >= 0.3 is 0 Å². The van der Waals surface area contributed by atoms with E-state index in [2.05, 4.69) is 0 Å². The lowest BCUT2D eigenvalue weighted by Crippen LogP contribution is -2.55. The van der Waals surface area contributed by atoms with E-state index in [1.54, 1.807) is 24.3 Å². The van der Waals surface area contributed by atoms with E-state index < -0.39 is 0 Å². The monoisotopic (exact) mass is 656 g/mol. The van der Waals surface area contributed by atoms with Crippen LogP contribution in [-0.4, -0.2) is 157 Å². The van der Waals surface area contributed by atoms with Crippen molar-refractivity contribution in [1.82, 2.24) is 0 Å². The molecule has 7 aromatic rings. The summed E-state index contributed by atoms with van der Waals surface area (Å²) in [5.74, 6) is 0. The smallest absolute Gasteiger partial charge is 0.112 e. The minimum Gasteiger partial charge on any atom is -0.112 e. The molecule has 0 aromatic heterocycles. The Hall–Kier alpha value is -3.38. The maximum Gasteiger partial charge on any atom is 0.115 e. The first-order valence-corrected chi connectivity index (χ1v) is 16.6. The Bertz CT molecular complexity index is 2860. The molecule has 0 amide bonds. The molecule has 0 unspecified atom stereocenters. The zero-order valence-electron chi connectivity index (χ0n) is 29.9. The van der Waals surface area contributed by atoms with Crippen molar-refractivity contribution < 1.29 is 0 Å². The van der Waals surface area contributed by atoms with E-state index in [0.717, 1.165) is 0 Å². The van der Waals surface area contributed by atoms with Crippen molar-refractivity contribution in [2.45, 2.75) is 0 Å². The molecule has 0 aliphatic rings. The molecule has 40 radical (unpaired) electrons. The summed E-state index contributed by atoms with van der Waals surface area (Å²) >= 11 is 0. The minimum atomic E-state index is -0.0635. The van der Waals surface area contributed by atoms with E-state index in [-0.39, 0.29) is 153 Å². The van der Waals surface area contributed by atoms with Gasteiger partial charge in [0, 0.05) is 0 Å². The van der Waals surface area contributed by atoms with E-state index in [0.29, 0.717) is 22.3 Å². The largest absolute Gasteiger partial charge is 0.115 e. The standard InChI is InChI=1S/C36H4B20/c37-17-8(18(38)23(43)16-15(17)26(46)32(52)33(53)27(16)47)6-3-1-2-5(4-6)7-10-12(21(41)30(50)28(48)19(10)39)9(13-11(7)20(40)29(49)31(51)22(13)42)14-24(44)34(54)36(56)35(55)25(14)45/h1-4H. The fourth-order valence-corrected chi connectivity index (χ4v) is 7.67. The fraction of sp³-hybridized carbons (Fsp3) is 0. The van der Waals surface area contributed by atoms with Crippen molar-refractivity contribution >= 4 is 298 Å². The molecular formula is C36H4B20. The number of hydrogen-bond donors (Lipinski definition) is 0. The van der Waals surface area contributed by atoms with E-state index in [4.69, 9.17) is 157 Å². The molecule has 7 aromatic carbocycles. The van der Waals surface area contributed by atoms with Gasteiger partial charge in [0.05, 0.1) is 0 Å². The van der Waals surface area contributed by atoms with E-state index in [1.807, 2.05) is 0 Å². The zero-order valence-corrected chi connectivity index (χ0v) is 29.9. The van der Waals surface area contributed by atoms with Gasteiger partial charge in [-0.25, -0.2) is 0 Å². The third kappa shape index (κ3) is 5.49. The first-order chi connectivity index (χ1) is 26.2. The average molecular weight is 653 g/mol. The normalized spacial score (nSPS) is 11.6. The lowest BCUT2D eigenvalue weighted by Gasteiger charge is -2.31. The van der Waals surface area contributed by atoms with E-state index in [1.165, 1.54) is 0 Å². The summed E-state index contributed by atoms with van der Waals surface area (Å²) < 4.78 is 0. The Morgan fingerprint density at radius 3 is 0.839 bits per heavy atom. The second-order valence-electron chi connectivity index (χ2n) is 13.6. The van der Waals surface area contributed by atoms with Crippen molar-refractivity contribution in [2.75, 3.05) is 0 Å². The Balaban J connectivity index is 1.75. The molecule has 0 nitrogen and oxygen atoms in total. The number of benzene rings is 7. The number of hydrogen-bond acceptors (Lipinski definition) is 0. The van der Waals surface area contributed by atoms with Crippen molar-refractivity contribution in [3.05, 3.63) is 24.3 Å². The molecule has 0 spiro atoms. The lowest BCUT2D eigenvalue weighted by atomic mass is 9.56. The van der Waals surface area contributed by atoms with Gasteiger partial charge in [-0.3, -0.25) is 0 Å². The topological polar surface area (TPSA) is 0 Å². The molecule has 0 aliphatic carbocycles. The van der Waals surface area contributed by atoms with Crippen LogP contribution in [0.5, 0.6) is 0 Å². The van der Waals surface area contributed by atoms with Crippen LogP contribution in [-0.2, 0) is 0 Å². The van der Waals surface area contributed by atoms with Crippen molar-refractivity contribution in [1.29, 1.82) is 0 Å². The number of fused-ring (bicyclic) bond motifs is 3. The van der Waals surface area contributed by atoms with Gasteiger partial charge in [-0.15, -0.1) is 49.2 Å². The first kappa shape index (κ1) is 40.8. The van der Waals surface area contributed by atoms with Crippen LogP contribution in [0.2, 0.25) is 0 Å². The molecule has 0 saturated carbocycles. The summed E-state index contributed by atoms with van der Waals surface area (Å²) in [7, 11) is 131. The molecule has 7 rings (SSSR count). The predicted octanol–water partition coefficient (Wildman–Crippen LogP) is -14.0. The summed E-state index contributed by atoms with van der Waals surface area (Å²) in [5, 5.41) is 1.41. The Kier molecular flexibility index (Phi) is 10.3. The van der Waals surface area contributed by atoms with Gasteiger partial charge in [-0.1, -0.05) is 78.3 Å². The van der Waals surface area contributed by atoms with Gasteiger partial charge in [-0.2, -0.15) is 0 Å². The average Bonchev–Trinajstić information content (AvgIpc) is 3.18. The fourth-order valence-electron chi connectivity index (χ4n) is 7.67. The van der Waals surface area contributed by atoms with Crippen LogP contribution in [0.1, 0.15) is 0 Å². The molecule has 0 N–H and O–H groups in total. The second-order valence-corrected chi connectivity index (χ2v) is 13.6. The van der Waals surface area contributed by atoms with Crippen LogP contribution in [0, 0.1) is 0 Å². The van der Waals surface area contributed by atoms with Gasteiger partial charge in [0.25, 0.3) is 0 Å². The highest BCUT2D eigenvalue weighted by Gasteiger charge is 2.27. The van der Waals surface area contributed by atoms with Crippen molar-refractivity contribution in [2.24, 2.45) is 0 Å². The molecule has 0 aliphatic heterocycles. The van der Waals surface area contributed by atoms with Gasteiger partial charge in [0.1, 0.15) is 157 Å². The van der Waals surface area contributed by atoms with Crippen LogP contribution in [0.3, 0.4) is 0 Å². The summed E-state index contributed by atoms with van der Waals surface area (Å²) in [5.41, 5.74) is 1.80. The molecule has 56 heavy (non-hydrogen) atoms. The predicted molar refractivity (Wildman–Crippen MR) is 263 cm³/mol. The van der Waals surface area contributed by atoms with Gasteiger partial charge in [0.15, 0.2) is 0 Å². The first-order valence-electron chi connectivity index (χ1n) is 16.6. The van der Waals surface area contributed by atoms with E-state index >= 15 is 0 Å². The van der Waals surface area contributed by atoms with Gasteiger partial charge in [0.2, 0.25) is 0 Å². The van der Waals surface area contributed by atoms with Crippen LogP contribution in [0.15, 0.2) is 24.3 Å². The molecule has 0 heterocycles. The molecule has 208 valence electrons. The maximum atomic E-state index is 6.89. The third-order valence-corrected chi connectivity index (χ3v) is 10.7. The highest BCUT2D eigenvalue weighted by molar-refractivity contribution is 6.75. The molecular weight excluding hydrogens is 649 g/mol. The molecule has 0 saturated heterocycles. The summed E-state index contributed by atoms with van der Waals surface area (Å²) in [4.78, 5) is 0. The maximum absolute atomic E-state index is 6.89. The minimum absolute atomic E-state index is 0.00226. The zero-order chi connectivity index (χ0) is 41.3. The molecule has 0 atom stereocenters. The van der Waals surface area contributed by atoms with Crippen molar-refractivity contribution in [3.8, 4) is 33.4 Å². The SMILES string of the molecule is [B]c1c([B])c([B])c(-c2c3c([B])c([B])c([B])c([B])c3c(-c3cccc(-c4c([B])c([B])c5c([B])c([B])c([B])c([B])c5c4[B])c3)c3c([B])c([B])c([B])c([B])c23)c([B])c1[B]. The van der Waals surface area contributed by atoms with Crippen LogP contribution < -0.4 is 109 Å². The Morgan fingerprint density at radius 2 is 0.446 bits per heavy atom. The number of rotatable bonds is 3. The summed E-state index contributed by atoms with van der Waals surface area (Å²) in [6, 6.07) is 6.97. The Morgan fingerprint density at radius 1 is 0.196 bits per heavy atom. The summed E-state index contributed by atoms with van der Waals surface area (Å²) in [6.45, 7) is 0. The van der Waals surface area contributed by atoms with Crippen molar-refractivity contribution in [3.63, 3.8) is 0 Å². The van der Waals surface area contributed by atoms with Gasteiger partial charge < -0.3 is 0 Å². The highest BCUT2D eigenvalue weighted by Crippen LogP contribution is 2.40. The van der Waals surface area contributed by atoms with E-state index in [9.17, 15) is 0 Å². The summed E-state index contributed by atoms with van der Waals surface area (Å²) in [6.07, 6.45) is 0.